The summed E-state index contributed by atoms with van der Waals surface area (Å²) >= 11 is 0. The van der Waals surface area contributed by atoms with Gasteiger partial charge in [0.15, 0.2) is 0 Å². The molecule has 19 heavy (non-hydrogen) atoms. The summed E-state index contributed by atoms with van der Waals surface area (Å²) in [6.07, 6.45) is 4.00. The van der Waals surface area contributed by atoms with Crippen molar-refractivity contribution >= 4 is 10.8 Å². The highest BCUT2D eigenvalue weighted by Gasteiger charge is 2.24. The van der Waals surface area contributed by atoms with E-state index < -0.39 is 6.10 Å². The highest BCUT2D eigenvalue weighted by atomic mass is 16.3. The third kappa shape index (κ3) is 3.13. The number of aromatic nitrogens is 1. The Morgan fingerprint density at radius 3 is 2.63 bits per heavy atom. The van der Waals surface area contributed by atoms with E-state index in [9.17, 15) is 5.11 Å². The lowest BCUT2D eigenvalue weighted by Gasteiger charge is -2.29. The van der Waals surface area contributed by atoms with Crippen molar-refractivity contribution in [1.82, 2.24) is 4.98 Å². The fourth-order valence-corrected chi connectivity index (χ4v) is 2.25. The SMILES string of the molecule is CC(CC(O)c1cccc2cnccc12)C(C)(C)C. The Kier molecular flexibility index (Phi) is 3.91. The van der Waals surface area contributed by atoms with E-state index in [1.54, 1.807) is 6.20 Å². The van der Waals surface area contributed by atoms with Gasteiger partial charge < -0.3 is 5.11 Å². The molecule has 2 nitrogen and oxygen atoms in total. The molecule has 102 valence electrons. The highest BCUT2D eigenvalue weighted by molar-refractivity contribution is 5.85. The van der Waals surface area contributed by atoms with Crippen LogP contribution in [0.4, 0.5) is 0 Å². The number of fused-ring (bicyclic) bond motifs is 1. The molecule has 0 aliphatic rings. The van der Waals surface area contributed by atoms with Crippen molar-refractivity contribution in [3.05, 3.63) is 42.2 Å². The second kappa shape index (κ2) is 5.30. The van der Waals surface area contributed by atoms with Crippen LogP contribution in [0, 0.1) is 11.3 Å². The summed E-state index contributed by atoms with van der Waals surface area (Å²) in [7, 11) is 0. The van der Waals surface area contributed by atoms with Crippen LogP contribution in [0.25, 0.3) is 10.8 Å². The normalized spacial score (nSPS) is 15.4. The molecule has 0 saturated carbocycles. The predicted molar refractivity (Wildman–Crippen MR) is 79.9 cm³/mol. The first-order valence-corrected chi connectivity index (χ1v) is 6.90. The second-order valence-corrected chi connectivity index (χ2v) is 6.46. The van der Waals surface area contributed by atoms with Crippen molar-refractivity contribution in [1.29, 1.82) is 0 Å². The third-order valence-electron chi connectivity index (χ3n) is 4.13. The van der Waals surface area contributed by atoms with E-state index in [-0.39, 0.29) is 5.41 Å². The van der Waals surface area contributed by atoms with Crippen LogP contribution in [-0.2, 0) is 0 Å². The zero-order valence-electron chi connectivity index (χ0n) is 12.2. The number of nitrogens with zero attached hydrogens (tertiary/aromatic N) is 1. The minimum absolute atomic E-state index is 0.215. The molecule has 2 rings (SSSR count). The van der Waals surface area contributed by atoms with Gasteiger partial charge in [0.05, 0.1) is 6.10 Å². The molecule has 2 atom stereocenters. The number of aliphatic hydroxyl groups is 1. The Balaban J connectivity index is 2.29. The zero-order chi connectivity index (χ0) is 14.0. The van der Waals surface area contributed by atoms with Gasteiger partial charge >= 0.3 is 0 Å². The Labute approximate surface area is 115 Å². The molecule has 1 aromatic heterocycles. The number of pyridine rings is 1. The van der Waals surface area contributed by atoms with E-state index >= 15 is 0 Å². The lowest BCUT2D eigenvalue weighted by Crippen LogP contribution is -2.19. The quantitative estimate of drug-likeness (QED) is 0.887. The number of benzene rings is 1. The molecule has 2 unspecified atom stereocenters. The van der Waals surface area contributed by atoms with Crippen molar-refractivity contribution in [2.75, 3.05) is 0 Å². The topological polar surface area (TPSA) is 33.1 Å². The first-order chi connectivity index (χ1) is 8.89. The van der Waals surface area contributed by atoms with Gasteiger partial charge in [0, 0.05) is 17.8 Å². The molecule has 2 heteroatoms. The smallest absolute Gasteiger partial charge is 0.0798 e. The maximum Gasteiger partial charge on any atom is 0.0798 e. The maximum atomic E-state index is 10.5. The van der Waals surface area contributed by atoms with E-state index in [0.29, 0.717) is 5.92 Å². The summed E-state index contributed by atoms with van der Waals surface area (Å²) in [6, 6.07) is 8.02. The average molecular weight is 257 g/mol. The van der Waals surface area contributed by atoms with Gasteiger partial charge in [-0.2, -0.15) is 0 Å². The van der Waals surface area contributed by atoms with Crippen LogP contribution in [0.2, 0.25) is 0 Å². The highest BCUT2D eigenvalue weighted by Crippen LogP contribution is 2.35. The molecule has 0 fully saturated rings. The standard InChI is InChI=1S/C17H23NO/c1-12(17(2,3)4)10-16(19)15-7-5-6-13-11-18-9-8-14(13)15/h5-9,11-12,16,19H,10H2,1-4H3. The third-order valence-corrected chi connectivity index (χ3v) is 4.13. The van der Waals surface area contributed by atoms with Crippen molar-refractivity contribution in [2.24, 2.45) is 11.3 Å². The van der Waals surface area contributed by atoms with Crippen LogP contribution in [0.3, 0.4) is 0 Å². The Bertz CT molecular complexity index is 551. The molecular weight excluding hydrogens is 234 g/mol. The number of hydrogen-bond acceptors (Lipinski definition) is 2. The summed E-state index contributed by atoms with van der Waals surface area (Å²) in [4.78, 5) is 4.13. The first kappa shape index (κ1) is 14.0. The minimum Gasteiger partial charge on any atom is -0.388 e. The van der Waals surface area contributed by atoms with Gasteiger partial charge in [0.25, 0.3) is 0 Å². The molecule has 0 bridgehead atoms. The summed E-state index contributed by atoms with van der Waals surface area (Å²) < 4.78 is 0. The molecule has 0 spiro atoms. The molecule has 0 radical (unpaired) electrons. The molecular formula is C17H23NO. The number of aliphatic hydroxyl groups excluding tert-OH is 1. The van der Waals surface area contributed by atoms with Crippen LogP contribution in [0.15, 0.2) is 36.7 Å². The molecule has 0 saturated heterocycles. The van der Waals surface area contributed by atoms with Crippen molar-refractivity contribution < 1.29 is 5.11 Å². The van der Waals surface area contributed by atoms with E-state index in [1.807, 2.05) is 30.5 Å². The van der Waals surface area contributed by atoms with E-state index in [4.69, 9.17) is 0 Å². The van der Waals surface area contributed by atoms with Crippen LogP contribution in [0.1, 0.15) is 45.8 Å². The van der Waals surface area contributed by atoms with Gasteiger partial charge in [0.2, 0.25) is 0 Å². The molecule has 0 aliphatic heterocycles. The average Bonchev–Trinajstić information content (AvgIpc) is 2.36. The number of rotatable bonds is 3. The van der Waals surface area contributed by atoms with Gasteiger partial charge in [-0.25, -0.2) is 0 Å². The zero-order valence-corrected chi connectivity index (χ0v) is 12.2. The Hall–Kier alpha value is -1.41. The van der Waals surface area contributed by atoms with Gasteiger partial charge in [-0.15, -0.1) is 0 Å². The second-order valence-electron chi connectivity index (χ2n) is 6.46. The maximum absolute atomic E-state index is 10.5. The Morgan fingerprint density at radius 2 is 1.95 bits per heavy atom. The van der Waals surface area contributed by atoms with Crippen molar-refractivity contribution in [3.8, 4) is 0 Å². The summed E-state index contributed by atoms with van der Waals surface area (Å²) in [6.45, 7) is 8.86. The first-order valence-electron chi connectivity index (χ1n) is 6.90. The lowest BCUT2D eigenvalue weighted by atomic mass is 9.78. The summed E-state index contributed by atoms with van der Waals surface area (Å²) in [5.74, 6) is 0.458. The fourth-order valence-electron chi connectivity index (χ4n) is 2.25. The summed E-state index contributed by atoms with van der Waals surface area (Å²) in [5.41, 5.74) is 1.23. The van der Waals surface area contributed by atoms with Gasteiger partial charge in [0.1, 0.15) is 0 Å². The minimum atomic E-state index is -0.416. The van der Waals surface area contributed by atoms with Crippen molar-refractivity contribution in [3.63, 3.8) is 0 Å². The summed E-state index contributed by atoms with van der Waals surface area (Å²) in [5, 5.41) is 12.7. The largest absolute Gasteiger partial charge is 0.388 e. The fraction of sp³-hybridized carbons (Fsp3) is 0.471. The molecule has 0 aliphatic carbocycles. The number of hydrogen-bond donors (Lipinski definition) is 1. The monoisotopic (exact) mass is 257 g/mol. The lowest BCUT2D eigenvalue weighted by molar-refractivity contribution is 0.112. The van der Waals surface area contributed by atoms with E-state index in [0.717, 1.165) is 22.8 Å². The van der Waals surface area contributed by atoms with Gasteiger partial charge in [-0.3, -0.25) is 4.98 Å². The van der Waals surface area contributed by atoms with E-state index in [1.165, 1.54) is 0 Å². The molecule has 1 N–H and O–H groups in total. The van der Waals surface area contributed by atoms with Crippen LogP contribution >= 0.6 is 0 Å². The van der Waals surface area contributed by atoms with Crippen molar-refractivity contribution in [2.45, 2.75) is 40.2 Å². The predicted octanol–water partition coefficient (Wildman–Crippen LogP) is 4.34. The van der Waals surface area contributed by atoms with Crippen LogP contribution in [-0.4, -0.2) is 10.1 Å². The molecule has 2 aromatic rings. The van der Waals surface area contributed by atoms with Crippen LogP contribution in [0.5, 0.6) is 0 Å². The van der Waals surface area contributed by atoms with Crippen LogP contribution < -0.4 is 0 Å². The van der Waals surface area contributed by atoms with Gasteiger partial charge in [-0.05, 0) is 34.8 Å². The molecule has 1 heterocycles. The Morgan fingerprint density at radius 1 is 1.21 bits per heavy atom. The van der Waals surface area contributed by atoms with Gasteiger partial charge in [-0.1, -0.05) is 45.9 Å². The van der Waals surface area contributed by atoms with E-state index in [2.05, 4.69) is 32.7 Å². The molecule has 0 amide bonds. The molecule has 1 aromatic carbocycles.